The normalized spacial score (nSPS) is 10.8. The lowest BCUT2D eigenvalue weighted by Gasteiger charge is -2.13. The van der Waals surface area contributed by atoms with E-state index < -0.39 is 11.8 Å². The highest BCUT2D eigenvalue weighted by molar-refractivity contribution is 8.00. The summed E-state index contributed by atoms with van der Waals surface area (Å²) in [7, 11) is 4.62. The maximum Gasteiger partial charge on any atom is 0.272 e. The molecule has 220 valence electrons. The van der Waals surface area contributed by atoms with Crippen molar-refractivity contribution < 1.29 is 28.6 Å². The molecule has 0 bridgehead atoms. The van der Waals surface area contributed by atoms with Crippen LogP contribution in [0.4, 0.5) is 11.4 Å². The first-order chi connectivity index (χ1) is 20.9. The maximum atomic E-state index is 13.4. The van der Waals surface area contributed by atoms with Gasteiger partial charge in [0.25, 0.3) is 11.8 Å². The lowest BCUT2D eigenvalue weighted by atomic mass is 10.1. The van der Waals surface area contributed by atoms with Gasteiger partial charge in [0.1, 0.15) is 11.4 Å². The first kappa shape index (κ1) is 30.7. The molecule has 0 aliphatic rings. The summed E-state index contributed by atoms with van der Waals surface area (Å²) in [6, 6.07) is 28.0. The van der Waals surface area contributed by atoms with E-state index in [-0.39, 0.29) is 17.4 Å². The quantitative estimate of drug-likeness (QED) is 0.139. The van der Waals surface area contributed by atoms with Crippen molar-refractivity contribution in [2.45, 2.75) is 4.90 Å². The van der Waals surface area contributed by atoms with Gasteiger partial charge in [-0.25, -0.2) is 0 Å². The first-order valence-electron chi connectivity index (χ1n) is 13.2. The van der Waals surface area contributed by atoms with Crippen molar-refractivity contribution in [1.82, 2.24) is 5.32 Å². The smallest absolute Gasteiger partial charge is 0.272 e. The van der Waals surface area contributed by atoms with Crippen LogP contribution in [0.25, 0.3) is 6.08 Å². The average Bonchev–Trinajstić information content (AvgIpc) is 3.04. The fourth-order valence-electron chi connectivity index (χ4n) is 3.93. The Bertz CT molecular complexity index is 1610. The number of hydrogen-bond acceptors (Lipinski definition) is 7. The van der Waals surface area contributed by atoms with E-state index in [4.69, 9.17) is 14.2 Å². The molecule has 10 heteroatoms. The third-order valence-electron chi connectivity index (χ3n) is 6.08. The fraction of sp³-hybridized carbons (Fsp3) is 0.121. The number of carbonyl (C=O) groups is 3. The van der Waals surface area contributed by atoms with E-state index in [0.717, 1.165) is 4.90 Å². The number of carbonyl (C=O) groups excluding carboxylic acids is 3. The number of methoxy groups -OCH3 is 3. The molecule has 4 rings (SSSR count). The van der Waals surface area contributed by atoms with Gasteiger partial charge < -0.3 is 30.2 Å². The van der Waals surface area contributed by atoms with Crippen molar-refractivity contribution >= 4 is 46.9 Å². The lowest BCUT2D eigenvalue weighted by Crippen LogP contribution is -2.30. The Balaban J connectivity index is 1.44. The SMILES string of the molecule is COc1cccc(NC(=O)CSc2ccc(NC(=O)/C(=C/c3ccc(OC)c(OC)c3)NC(=O)c3ccccc3)cc2)c1. The minimum atomic E-state index is -0.517. The van der Waals surface area contributed by atoms with E-state index in [0.29, 0.717) is 39.8 Å². The molecule has 4 aromatic rings. The Labute approximate surface area is 254 Å². The Hall–Kier alpha value is -5.22. The summed E-state index contributed by atoms with van der Waals surface area (Å²) in [4.78, 5) is 39.5. The summed E-state index contributed by atoms with van der Waals surface area (Å²) in [5, 5.41) is 8.39. The highest BCUT2D eigenvalue weighted by Crippen LogP contribution is 2.28. The third-order valence-corrected chi connectivity index (χ3v) is 7.10. The monoisotopic (exact) mass is 597 g/mol. The molecule has 0 radical (unpaired) electrons. The molecule has 4 aromatic carbocycles. The molecule has 9 nitrogen and oxygen atoms in total. The van der Waals surface area contributed by atoms with Crippen LogP contribution in [0, 0.1) is 0 Å². The van der Waals surface area contributed by atoms with Crippen LogP contribution in [0.2, 0.25) is 0 Å². The second kappa shape index (κ2) is 15.1. The molecule has 0 fully saturated rings. The van der Waals surface area contributed by atoms with E-state index in [1.54, 1.807) is 110 Å². The summed E-state index contributed by atoms with van der Waals surface area (Å²) < 4.78 is 15.9. The Morgan fingerprint density at radius 3 is 2.16 bits per heavy atom. The van der Waals surface area contributed by atoms with Crippen molar-refractivity contribution in [3.63, 3.8) is 0 Å². The summed E-state index contributed by atoms with van der Waals surface area (Å²) >= 11 is 1.36. The van der Waals surface area contributed by atoms with Gasteiger partial charge in [-0.05, 0) is 72.3 Å². The second-order valence-corrected chi connectivity index (χ2v) is 10.1. The number of nitrogens with one attached hydrogen (secondary N) is 3. The number of ether oxygens (including phenoxy) is 3. The molecule has 0 unspecified atom stereocenters. The van der Waals surface area contributed by atoms with Gasteiger partial charge in [0, 0.05) is 27.9 Å². The minimum absolute atomic E-state index is 0.0359. The van der Waals surface area contributed by atoms with Crippen LogP contribution in [0.5, 0.6) is 17.2 Å². The van der Waals surface area contributed by atoms with Gasteiger partial charge in [0.2, 0.25) is 5.91 Å². The number of thioether (sulfide) groups is 1. The van der Waals surface area contributed by atoms with Gasteiger partial charge in [-0.3, -0.25) is 14.4 Å². The van der Waals surface area contributed by atoms with E-state index in [2.05, 4.69) is 16.0 Å². The minimum Gasteiger partial charge on any atom is -0.497 e. The van der Waals surface area contributed by atoms with Crippen LogP contribution in [0.3, 0.4) is 0 Å². The number of hydrogen-bond donors (Lipinski definition) is 3. The predicted octanol–water partition coefficient (Wildman–Crippen LogP) is 5.85. The lowest BCUT2D eigenvalue weighted by molar-refractivity contribution is -0.114. The van der Waals surface area contributed by atoms with Crippen molar-refractivity contribution in [2.75, 3.05) is 37.7 Å². The van der Waals surface area contributed by atoms with Gasteiger partial charge in [-0.2, -0.15) is 0 Å². The van der Waals surface area contributed by atoms with Crippen molar-refractivity contribution in [2.24, 2.45) is 0 Å². The van der Waals surface area contributed by atoms with E-state index >= 15 is 0 Å². The molecule has 0 aliphatic carbocycles. The largest absolute Gasteiger partial charge is 0.497 e. The zero-order valence-corrected chi connectivity index (χ0v) is 24.7. The van der Waals surface area contributed by atoms with Crippen LogP contribution in [0.1, 0.15) is 15.9 Å². The molecular formula is C33H31N3O6S. The van der Waals surface area contributed by atoms with Crippen LogP contribution in [0.15, 0.2) is 108 Å². The van der Waals surface area contributed by atoms with Crippen molar-refractivity contribution in [1.29, 1.82) is 0 Å². The summed E-state index contributed by atoms with van der Waals surface area (Å²) in [6.07, 6.45) is 1.56. The summed E-state index contributed by atoms with van der Waals surface area (Å²) in [5.41, 5.74) is 2.23. The highest BCUT2D eigenvalue weighted by atomic mass is 32.2. The molecule has 0 saturated heterocycles. The molecule has 0 saturated carbocycles. The number of anilines is 2. The van der Waals surface area contributed by atoms with Crippen molar-refractivity contribution in [3.8, 4) is 17.2 Å². The van der Waals surface area contributed by atoms with Crippen LogP contribution >= 0.6 is 11.8 Å². The molecule has 0 aromatic heterocycles. The van der Waals surface area contributed by atoms with Crippen LogP contribution < -0.4 is 30.2 Å². The number of benzene rings is 4. The molecule has 43 heavy (non-hydrogen) atoms. The molecule has 3 N–H and O–H groups in total. The van der Waals surface area contributed by atoms with E-state index in [1.807, 2.05) is 0 Å². The zero-order chi connectivity index (χ0) is 30.6. The van der Waals surface area contributed by atoms with Gasteiger partial charge >= 0.3 is 0 Å². The standard InChI is InChI=1S/C33H31N3O6S/c1-40-26-11-7-10-25(20-26)34-31(37)21-43-27-15-13-24(14-16-27)35-33(39)28(36-32(38)23-8-5-4-6-9-23)18-22-12-17-29(41-2)30(19-22)42-3/h4-20H,21H2,1-3H3,(H,34,37)(H,35,39)(H,36,38)/b28-18-. The van der Waals surface area contributed by atoms with Gasteiger partial charge in [0.15, 0.2) is 11.5 Å². The van der Waals surface area contributed by atoms with Crippen LogP contribution in [-0.2, 0) is 9.59 Å². The fourth-order valence-corrected chi connectivity index (χ4v) is 4.63. The molecule has 0 aliphatic heterocycles. The van der Waals surface area contributed by atoms with Crippen molar-refractivity contribution in [3.05, 3.63) is 114 Å². The van der Waals surface area contributed by atoms with Gasteiger partial charge in [0.05, 0.1) is 27.1 Å². The molecule has 0 atom stereocenters. The van der Waals surface area contributed by atoms with E-state index in [1.165, 1.54) is 26.0 Å². The Morgan fingerprint density at radius 2 is 1.47 bits per heavy atom. The summed E-state index contributed by atoms with van der Waals surface area (Å²) in [6.45, 7) is 0. The van der Waals surface area contributed by atoms with Gasteiger partial charge in [-0.1, -0.05) is 30.3 Å². The molecule has 3 amide bonds. The summed E-state index contributed by atoms with van der Waals surface area (Å²) in [5.74, 6) is 0.773. The Morgan fingerprint density at radius 1 is 0.721 bits per heavy atom. The zero-order valence-electron chi connectivity index (χ0n) is 23.9. The van der Waals surface area contributed by atoms with Gasteiger partial charge in [-0.15, -0.1) is 11.8 Å². The average molecular weight is 598 g/mol. The first-order valence-corrected chi connectivity index (χ1v) is 14.2. The maximum absolute atomic E-state index is 13.4. The third kappa shape index (κ3) is 8.88. The van der Waals surface area contributed by atoms with E-state index in [9.17, 15) is 14.4 Å². The predicted molar refractivity (Wildman–Crippen MR) is 169 cm³/mol. The highest BCUT2D eigenvalue weighted by Gasteiger charge is 2.16. The topological polar surface area (TPSA) is 115 Å². The van der Waals surface area contributed by atoms with Crippen LogP contribution in [-0.4, -0.2) is 44.8 Å². The number of amides is 3. The molecule has 0 heterocycles. The Kier molecular flexibility index (Phi) is 10.8. The molecular weight excluding hydrogens is 566 g/mol. The second-order valence-electron chi connectivity index (χ2n) is 9.04. The number of rotatable bonds is 12. The molecule has 0 spiro atoms.